The number of carbonyl (C=O) groups excluding carboxylic acids is 1. The van der Waals surface area contributed by atoms with Gasteiger partial charge < -0.3 is 14.2 Å². The molecule has 2 aliphatic carbocycles. The Bertz CT molecular complexity index is 740. The van der Waals surface area contributed by atoms with E-state index in [1.165, 1.54) is 5.56 Å². The second-order valence-corrected chi connectivity index (χ2v) is 7.73. The molecular weight excluding hydrogens is 330 g/mol. The molecule has 0 aromatic heterocycles. The first-order valence-electron chi connectivity index (χ1n) is 9.42. The van der Waals surface area contributed by atoms with E-state index in [9.17, 15) is 4.79 Å². The first kappa shape index (κ1) is 17.4. The minimum Gasteiger partial charge on any atom is -0.493 e. The Kier molecular flexibility index (Phi) is 4.43. The molecule has 0 radical (unpaired) electrons. The van der Waals surface area contributed by atoms with Crippen LogP contribution in [0.4, 0.5) is 0 Å². The van der Waals surface area contributed by atoms with E-state index in [0.717, 1.165) is 55.9 Å². The van der Waals surface area contributed by atoms with E-state index in [1.54, 1.807) is 14.2 Å². The zero-order valence-corrected chi connectivity index (χ0v) is 15.8. The minimum atomic E-state index is -0.0458. The summed E-state index contributed by atoms with van der Waals surface area (Å²) in [7, 11) is 5.48. The van der Waals surface area contributed by atoms with Gasteiger partial charge in [-0.1, -0.05) is 6.07 Å². The lowest BCUT2D eigenvalue weighted by atomic mass is 9.68. The Hall–Kier alpha value is -2.01. The Morgan fingerprint density at radius 2 is 1.92 bits per heavy atom. The fourth-order valence-corrected chi connectivity index (χ4v) is 4.47. The van der Waals surface area contributed by atoms with Gasteiger partial charge in [0.1, 0.15) is 5.76 Å². The maximum Gasteiger partial charge on any atom is 0.313 e. The third-order valence-electron chi connectivity index (χ3n) is 6.21. The van der Waals surface area contributed by atoms with Crippen LogP contribution in [0, 0.1) is 5.92 Å². The number of benzene rings is 1. The van der Waals surface area contributed by atoms with Crippen LogP contribution in [0.1, 0.15) is 37.7 Å². The molecule has 1 heterocycles. The Morgan fingerprint density at radius 3 is 2.62 bits per heavy atom. The predicted octanol–water partition coefficient (Wildman–Crippen LogP) is 3.28. The van der Waals surface area contributed by atoms with Crippen LogP contribution < -0.4 is 9.47 Å². The second-order valence-electron chi connectivity index (χ2n) is 7.73. The number of methoxy groups -OCH3 is 2. The van der Waals surface area contributed by atoms with Gasteiger partial charge in [-0.15, -0.1) is 0 Å². The van der Waals surface area contributed by atoms with Crippen molar-refractivity contribution in [1.82, 2.24) is 4.90 Å². The highest BCUT2D eigenvalue weighted by atomic mass is 16.5. The van der Waals surface area contributed by atoms with E-state index in [-0.39, 0.29) is 23.3 Å². The number of rotatable bonds is 5. The summed E-state index contributed by atoms with van der Waals surface area (Å²) >= 11 is 0. The van der Waals surface area contributed by atoms with E-state index >= 15 is 0 Å². The number of likely N-dealkylation sites (tertiary alicyclic amines) is 1. The summed E-state index contributed by atoms with van der Waals surface area (Å²) in [6.45, 7) is 1.03. The molecule has 26 heavy (non-hydrogen) atoms. The van der Waals surface area contributed by atoms with Crippen molar-refractivity contribution < 1.29 is 19.0 Å². The van der Waals surface area contributed by atoms with Crippen LogP contribution in [-0.4, -0.2) is 44.7 Å². The fraction of sp³-hybridized carbons (Fsp3) is 0.571. The normalized spacial score (nSPS) is 28.3. The number of nitrogens with zero attached hydrogens (tertiary/aromatic N) is 1. The van der Waals surface area contributed by atoms with Gasteiger partial charge in [0.25, 0.3) is 0 Å². The summed E-state index contributed by atoms with van der Waals surface area (Å²) < 4.78 is 16.6. The smallest absolute Gasteiger partial charge is 0.313 e. The first-order chi connectivity index (χ1) is 12.6. The maximum absolute atomic E-state index is 12.0. The van der Waals surface area contributed by atoms with Crippen molar-refractivity contribution in [1.29, 1.82) is 0 Å². The molecule has 0 bridgehead atoms. The molecule has 0 amide bonds. The van der Waals surface area contributed by atoms with Gasteiger partial charge in [0, 0.05) is 17.9 Å². The van der Waals surface area contributed by atoms with E-state index in [1.807, 2.05) is 6.07 Å². The summed E-state index contributed by atoms with van der Waals surface area (Å²) in [6.07, 6.45) is 6.99. The molecule has 5 heteroatoms. The van der Waals surface area contributed by atoms with Crippen molar-refractivity contribution in [2.24, 2.45) is 5.92 Å². The van der Waals surface area contributed by atoms with Gasteiger partial charge in [-0.25, -0.2) is 0 Å². The number of hydrogen-bond acceptors (Lipinski definition) is 5. The molecule has 1 aromatic rings. The molecule has 1 saturated carbocycles. The molecule has 3 aliphatic rings. The van der Waals surface area contributed by atoms with Crippen LogP contribution in [0.5, 0.6) is 11.5 Å². The highest BCUT2D eigenvalue weighted by Gasteiger charge is 2.49. The Balaban J connectivity index is 1.64. The molecule has 0 N–H and O–H groups in total. The molecule has 140 valence electrons. The molecular formula is C21H27NO4. The standard InChI is InChI=1S/C21H27NO4/c1-22-11-10-21(15-6-7-17(24-2)18(12-15)25-3)9-8-16(13-19(21)22)26-20(23)14-4-5-14/h6-7,12-14,19H,4-5,8-11H2,1-3H3. The lowest BCUT2D eigenvalue weighted by molar-refractivity contribution is -0.141. The van der Waals surface area contributed by atoms with Gasteiger partial charge in [0.05, 0.1) is 20.1 Å². The number of likely N-dealkylation sites (N-methyl/N-ethyl adjacent to an activating group) is 1. The van der Waals surface area contributed by atoms with E-state index in [0.29, 0.717) is 0 Å². The molecule has 1 aromatic carbocycles. The van der Waals surface area contributed by atoms with Gasteiger partial charge >= 0.3 is 5.97 Å². The third-order valence-corrected chi connectivity index (χ3v) is 6.21. The molecule has 5 nitrogen and oxygen atoms in total. The minimum absolute atomic E-state index is 0.0315. The Morgan fingerprint density at radius 1 is 1.15 bits per heavy atom. The van der Waals surface area contributed by atoms with Crippen molar-refractivity contribution in [3.63, 3.8) is 0 Å². The lowest BCUT2D eigenvalue weighted by Crippen LogP contribution is -2.42. The van der Waals surface area contributed by atoms with Gasteiger partial charge in [-0.2, -0.15) is 0 Å². The van der Waals surface area contributed by atoms with Crippen molar-refractivity contribution in [2.45, 2.75) is 43.6 Å². The topological polar surface area (TPSA) is 48.0 Å². The summed E-state index contributed by atoms with van der Waals surface area (Å²) in [5, 5.41) is 0. The number of hydrogen-bond donors (Lipinski definition) is 0. The van der Waals surface area contributed by atoms with Crippen LogP contribution in [0.25, 0.3) is 0 Å². The first-order valence-corrected chi connectivity index (χ1v) is 9.42. The number of carbonyl (C=O) groups is 1. The van der Waals surface area contributed by atoms with Crippen LogP contribution in [0.3, 0.4) is 0 Å². The molecule has 2 fully saturated rings. The van der Waals surface area contributed by atoms with Crippen molar-refractivity contribution >= 4 is 5.97 Å². The highest BCUT2D eigenvalue weighted by molar-refractivity contribution is 5.76. The number of ether oxygens (including phenoxy) is 3. The van der Waals surface area contributed by atoms with Crippen molar-refractivity contribution in [3.05, 3.63) is 35.6 Å². The van der Waals surface area contributed by atoms with Gasteiger partial charge in [-0.05, 0) is 63.0 Å². The van der Waals surface area contributed by atoms with Crippen molar-refractivity contribution in [3.8, 4) is 11.5 Å². The van der Waals surface area contributed by atoms with Gasteiger partial charge in [0.2, 0.25) is 0 Å². The fourth-order valence-electron chi connectivity index (χ4n) is 4.47. The number of esters is 1. The third kappa shape index (κ3) is 2.88. The van der Waals surface area contributed by atoms with E-state index in [2.05, 4.69) is 30.2 Å². The lowest BCUT2D eigenvalue weighted by Gasteiger charge is -2.40. The average molecular weight is 357 g/mol. The number of fused-ring (bicyclic) bond motifs is 1. The zero-order valence-electron chi connectivity index (χ0n) is 15.8. The van der Waals surface area contributed by atoms with Crippen LogP contribution in [0.15, 0.2) is 30.0 Å². The zero-order chi connectivity index (χ0) is 18.3. The van der Waals surface area contributed by atoms with Crippen LogP contribution >= 0.6 is 0 Å². The predicted molar refractivity (Wildman–Crippen MR) is 98.4 cm³/mol. The quantitative estimate of drug-likeness (QED) is 0.757. The monoisotopic (exact) mass is 357 g/mol. The molecule has 1 aliphatic heterocycles. The van der Waals surface area contributed by atoms with Crippen molar-refractivity contribution in [2.75, 3.05) is 27.8 Å². The summed E-state index contributed by atoms with van der Waals surface area (Å²) in [4.78, 5) is 14.4. The highest BCUT2D eigenvalue weighted by Crippen LogP contribution is 2.49. The average Bonchev–Trinajstić information content (AvgIpc) is 3.46. The summed E-state index contributed by atoms with van der Waals surface area (Å²) in [5.74, 6) is 2.45. The summed E-state index contributed by atoms with van der Waals surface area (Å²) in [5.41, 5.74) is 1.30. The Labute approximate surface area is 154 Å². The molecule has 2 unspecified atom stereocenters. The van der Waals surface area contributed by atoms with Gasteiger partial charge in [-0.3, -0.25) is 9.69 Å². The van der Waals surface area contributed by atoms with Crippen LogP contribution in [0.2, 0.25) is 0 Å². The SMILES string of the molecule is COc1ccc(C23CCC(OC(=O)C4CC4)=CC2N(C)CC3)cc1OC. The van der Waals surface area contributed by atoms with E-state index in [4.69, 9.17) is 14.2 Å². The molecule has 4 rings (SSSR count). The molecule has 1 saturated heterocycles. The second kappa shape index (κ2) is 6.62. The maximum atomic E-state index is 12.0. The molecule has 0 spiro atoms. The van der Waals surface area contributed by atoms with Gasteiger partial charge in [0.15, 0.2) is 11.5 Å². The largest absolute Gasteiger partial charge is 0.493 e. The van der Waals surface area contributed by atoms with E-state index < -0.39 is 0 Å². The molecule has 2 atom stereocenters. The summed E-state index contributed by atoms with van der Waals surface area (Å²) in [6, 6.07) is 6.49. The van der Waals surface area contributed by atoms with Crippen LogP contribution in [-0.2, 0) is 14.9 Å². The number of allylic oxidation sites excluding steroid dienone is 1.